The Hall–Kier alpha value is -3.68. The van der Waals surface area contributed by atoms with Gasteiger partial charge in [-0.25, -0.2) is 9.18 Å². The lowest BCUT2D eigenvalue weighted by atomic mass is 10.2. The molecule has 0 aliphatic carbocycles. The minimum atomic E-state index is -0.477. The van der Waals surface area contributed by atoms with Crippen molar-refractivity contribution in [3.8, 4) is 11.8 Å². The van der Waals surface area contributed by atoms with E-state index in [0.717, 1.165) is 10.1 Å². The molecule has 0 bridgehead atoms. The molecule has 2 aromatic carbocycles. The molecule has 4 rings (SSSR count). The van der Waals surface area contributed by atoms with Gasteiger partial charge in [-0.05, 0) is 29.8 Å². The Labute approximate surface area is 158 Å². The first-order chi connectivity index (χ1) is 13.5. The Morgan fingerprint density at radius 1 is 0.964 bits per heavy atom. The molecule has 0 N–H and O–H groups in total. The molecule has 0 saturated carbocycles. The zero-order valence-electron chi connectivity index (χ0n) is 15.3. The summed E-state index contributed by atoms with van der Waals surface area (Å²) in [5.41, 5.74) is 0.265. The van der Waals surface area contributed by atoms with Gasteiger partial charge in [0.1, 0.15) is 11.6 Å². The number of halogens is 1. The highest BCUT2D eigenvalue weighted by Gasteiger charge is 2.20. The summed E-state index contributed by atoms with van der Waals surface area (Å²) in [6, 6.07) is 15.1. The van der Waals surface area contributed by atoms with E-state index in [1.54, 1.807) is 35.9 Å². The van der Waals surface area contributed by atoms with Gasteiger partial charge in [-0.15, -0.1) is 0 Å². The maximum Gasteiger partial charge on any atom is 0.332 e. The van der Waals surface area contributed by atoms with Crippen molar-refractivity contribution in [3.05, 3.63) is 86.8 Å². The molecule has 2 heterocycles. The molecule has 0 unspecified atom stereocenters. The monoisotopic (exact) mass is 380 g/mol. The van der Waals surface area contributed by atoms with Crippen molar-refractivity contribution in [2.75, 3.05) is 0 Å². The fourth-order valence-corrected chi connectivity index (χ4v) is 3.02. The van der Waals surface area contributed by atoms with Crippen LogP contribution in [0, 0.1) is 5.82 Å². The molecule has 142 valence electrons. The van der Waals surface area contributed by atoms with Gasteiger partial charge >= 0.3 is 11.7 Å². The van der Waals surface area contributed by atoms with E-state index in [2.05, 4.69) is 4.98 Å². The Balaban J connectivity index is 1.95. The van der Waals surface area contributed by atoms with Crippen LogP contribution in [0.2, 0.25) is 0 Å². The molecular formula is C20H17FN4O3. The SMILES string of the molecule is Cn1c(=O)c2c(nc(Oc3ccccc3)n2Cc2ccc(F)cc2)n(C)c1=O. The van der Waals surface area contributed by atoms with Crippen molar-refractivity contribution in [1.82, 2.24) is 18.7 Å². The van der Waals surface area contributed by atoms with Crippen LogP contribution < -0.4 is 16.0 Å². The number of imidazole rings is 1. The second kappa shape index (κ2) is 6.80. The van der Waals surface area contributed by atoms with E-state index in [4.69, 9.17) is 4.74 Å². The third-order valence-electron chi connectivity index (χ3n) is 4.52. The summed E-state index contributed by atoms with van der Waals surface area (Å²) in [7, 11) is 2.96. The van der Waals surface area contributed by atoms with Gasteiger partial charge in [0.25, 0.3) is 5.56 Å². The molecule has 2 aromatic heterocycles. The third-order valence-corrected chi connectivity index (χ3v) is 4.52. The zero-order valence-corrected chi connectivity index (χ0v) is 15.3. The van der Waals surface area contributed by atoms with Crippen LogP contribution in [-0.2, 0) is 20.6 Å². The largest absolute Gasteiger partial charge is 0.425 e. The lowest BCUT2D eigenvalue weighted by Gasteiger charge is -2.10. The Kier molecular flexibility index (Phi) is 4.31. The lowest BCUT2D eigenvalue weighted by Crippen LogP contribution is -2.37. The topological polar surface area (TPSA) is 71.1 Å². The molecule has 0 fully saturated rings. The first-order valence-electron chi connectivity index (χ1n) is 8.59. The molecule has 0 spiro atoms. The average molecular weight is 380 g/mol. The summed E-state index contributed by atoms with van der Waals surface area (Å²) < 4.78 is 23.1. The summed E-state index contributed by atoms with van der Waals surface area (Å²) in [5.74, 6) is 0.193. The highest BCUT2D eigenvalue weighted by molar-refractivity contribution is 5.72. The molecule has 0 aliphatic heterocycles. The molecule has 28 heavy (non-hydrogen) atoms. The number of para-hydroxylation sites is 1. The Bertz CT molecular complexity index is 1270. The molecule has 0 saturated heterocycles. The second-order valence-corrected chi connectivity index (χ2v) is 6.40. The number of hydrogen-bond donors (Lipinski definition) is 0. The van der Waals surface area contributed by atoms with Crippen LogP contribution in [-0.4, -0.2) is 18.7 Å². The van der Waals surface area contributed by atoms with Gasteiger partial charge in [0, 0.05) is 14.1 Å². The van der Waals surface area contributed by atoms with Crippen LogP contribution in [0.25, 0.3) is 11.2 Å². The fraction of sp³-hybridized carbons (Fsp3) is 0.150. The molecule has 4 aromatic rings. The van der Waals surface area contributed by atoms with Crippen LogP contribution >= 0.6 is 0 Å². The van der Waals surface area contributed by atoms with Crippen LogP contribution in [0.1, 0.15) is 5.56 Å². The molecule has 8 heteroatoms. The summed E-state index contributed by atoms with van der Waals surface area (Å²) in [4.78, 5) is 29.5. The number of nitrogens with zero attached hydrogens (tertiary/aromatic N) is 4. The smallest absolute Gasteiger partial charge is 0.332 e. The van der Waals surface area contributed by atoms with Crippen molar-refractivity contribution >= 4 is 11.2 Å². The predicted molar refractivity (Wildman–Crippen MR) is 102 cm³/mol. The van der Waals surface area contributed by atoms with Crippen molar-refractivity contribution in [3.63, 3.8) is 0 Å². The number of aryl methyl sites for hydroxylation is 1. The van der Waals surface area contributed by atoms with E-state index in [9.17, 15) is 14.0 Å². The van der Waals surface area contributed by atoms with Crippen LogP contribution in [0.15, 0.2) is 64.2 Å². The van der Waals surface area contributed by atoms with Gasteiger partial charge in [0.15, 0.2) is 11.2 Å². The summed E-state index contributed by atoms with van der Waals surface area (Å²) in [5, 5.41) is 0. The van der Waals surface area contributed by atoms with Crippen molar-refractivity contribution in [1.29, 1.82) is 0 Å². The van der Waals surface area contributed by atoms with Crippen LogP contribution in [0.4, 0.5) is 4.39 Å². The molecular weight excluding hydrogens is 363 g/mol. The maximum atomic E-state index is 13.3. The highest BCUT2D eigenvalue weighted by Crippen LogP contribution is 2.25. The van der Waals surface area contributed by atoms with Gasteiger partial charge in [0.2, 0.25) is 0 Å². The van der Waals surface area contributed by atoms with E-state index in [1.165, 1.54) is 23.7 Å². The summed E-state index contributed by atoms with van der Waals surface area (Å²) >= 11 is 0. The first kappa shape index (κ1) is 17.7. The van der Waals surface area contributed by atoms with Crippen molar-refractivity contribution < 1.29 is 9.13 Å². The number of aromatic nitrogens is 4. The van der Waals surface area contributed by atoms with Gasteiger partial charge in [-0.1, -0.05) is 30.3 Å². The summed E-state index contributed by atoms with van der Waals surface area (Å²) in [6.07, 6.45) is 0. The fourth-order valence-electron chi connectivity index (χ4n) is 3.02. The van der Waals surface area contributed by atoms with Crippen LogP contribution in [0.3, 0.4) is 0 Å². The zero-order chi connectivity index (χ0) is 19.8. The number of hydrogen-bond acceptors (Lipinski definition) is 4. The average Bonchev–Trinajstić information content (AvgIpc) is 3.05. The van der Waals surface area contributed by atoms with Gasteiger partial charge < -0.3 is 4.74 Å². The predicted octanol–water partition coefficient (Wildman–Crippen LogP) is 2.41. The number of fused-ring (bicyclic) bond motifs is 1. The quantitative estimate of drug-likeness (QED) is 0.545. The van der Waals surface area contributed by atoms with Crippen molar-refractivity contribution in [2.24, 2.45) is 14.1 Å². The minimum Gasteiger partial charge on any atom is -0.425 e. The van der Waals surface area contributed by atoms with E-state index in [0.29, 0.717) is 5.75 Å². The standard InChI is InChI=1S/C20H17FN4O3/c1-23-17-16(18(26)24(2)20(23)27)25(12-13-8-10-14(21)11-9-13)19(22-17)28-15-6-4-3-5-7-15/h3-11H,12H2,1-2H3. The number of rotatable bonds is 4. The number of ether oxygens (including phenoxy) is 1. The molecule has 0 aliphatic rings. The van der Waals surface area contributed by atoms with E-state index in [1.807, 2.05) is 18.2 Å². The van der Waals surface area contributed by atoms with Crippen molar-refractivity contribution in [2.45, 2.75) is 6.54 Å². The molecule has 0 amide bonds. The molecule has 0 radical (unpaired) electrons. The van der Waals surface area contributed by atoms with E-state index < -0.39 is 11.2 Å². The Morgan fingerprint density at radius 2 is 1.64 bits per heavy atom. The molecule has 7 nitrogen and oxygen atoms in total. The van der Waals surface area contributed by atoms with Gasteiger partial charge in [0.05, 0.1) is 6.54 Å². The van der Waals surface area contributed by atoms with Gasteiger partial charge in [-0.2, -0.15) is 4.98 Å². The Morgan fingerprint density at radius 3 is 2.32 bits per heavy atom. The van der Waals surface area contributed by atoms with E-state index >= 15 is 0 Å². The third kappa shape index (κ3) is 2.98. The maximum absolute atomic E-state index is 13.3. The van der Waals surface area contributed by atoms with E-state index in [-0.39, 0.29) is 29.5 Å². The normalized spacial score (nSPS) is 11.1. The minimum absolute atomic E-state index is 0.170. The highest BCUT2D eigenvalue weighted by atomic mass is 19.1. The van der Waals surface area contributed by atoms with Crippen LogP contribution in [0.5, 0.6) is 11.8 Å². The first-order valence-corrected chi connectivity index (χ1v) is 8.59. The molecule has 0 atom stereocenters. The second-order valence-electron chi connectivity index (χ2n) is 6.40. The lowest BCUT2D eigenvalue weighted by molar-refractivity contribution is 0.421. The van der Waals surface area contributed by atoms with Gasteiger partial charge in [-0.3, -0.25) is 18.5 Å². The number of benzene rings is 2. The summed E-state index contributed by atoms with van der Waals surface area (Å²) in [6.45, 7) is 0.229.